The second kappa shape index (κ2) is 8.48. The van der Waals surface area contributed by atoms with Crippen LogP contribution in [0.25, 0.3) is 0 Å². The average Bonchev–Trinajstić information content (AvgIpc) is 2.50. The number of hydrogen-bond donors (Lipinski definition) is 2. The molecule has 4 nitrogen and oxygen atoms in total. The van der Waals surface area contributed by atoms with Gasteiger partial charge < -0.3 is 10.6 Å². The van der Waals surface area contributed by atoms with Crippen LogP contribution in [0.4, 0.5) is 0 Å². The van der Waals surface area contributed by atoms with Gasteiger partial charge in [0, 0.05) is 46.9 Å². The number of aliphatic imine (C=N–C) groups is 1. The molecule has 0 aliphatic rings. The van der Waals surface area contributed by atoms with Gasteiger partial charge in [-0.1, -0.05) is 44.2 Å². The molecule has 1 aromatic carbocycles. The molecule has 0 fully saturated rings. The molecule has 1 atom stereocenters. The first kappa shape index (κ1) is 19.7. The zero-order valence-corrected chi connectivity index (χ0v) is 16.1. The van der Waals surface area contributed by atoms with Gasteiger partial charge in [0.1, 0.15) is 0 Å². The van der Waals surface area contributed by atoms with Gasteiger partial charge >= 0.3 is 0 Å². The van der Waals surface area contributed by atoms with E-state index < -0.39 is 10.8 Å². The summed E-state index contributed by atoms with van der Waals surface area (Å²) in [4.78, 5) is 4.24. The Kier molecular flexibility index (Phi) is 7.26. The molecule has 0 saturated carbocycles. The van der Waals surface area contributed by atoms with E-state index in [1.54, 1.807) is 7.05 Å². The van der Waals surface area contributed by atoms with Gasteiger partial charge in [-0.3, -0.25) is 9.20 Å². The SMILES string of the molecule is CN=C(NCCS(=O)C(C)(C)C)NCC(C)(C)c1ccccc1. The van der Waals surface area contributed by atoms with E-state index in [2.05, 4.69) is 53.7 Å². The predicted molar refractivity (Wildman–Crippen MR) is 102 cm³/mol. The molecule has 0 aromatic heterocycles. The van der Waals surface area contributed by atoms with Gasteiger partial charge in [0.15, 0.2) is 5.96 Å². The summed E-state index contributed by atoms with van der Waals surface area (Å²) in [5.74, 6) is 1.37. The highest BCUT2D eigenvalue weighted by Crippen LogP contribution is 2.21. The molecule has 0 amide bonds. The lowest BCUT2D eigenvalue weighted by molar-refractivity contribution is 0.509. The van der Waals surface area contributed by atoms with Crippen molar-refractivity contribution in [3.63, 3.8) is 0 Å². The van der Waals surface area contributed by atoms with Crippen molar-refractivity contribution in [3.8, 4) is 0 Å². The zero-order valence-electron chi connectivity index (χ0n) is 15.3. The Balaban J connectivity index is 2.47. The van der Waals surface area contributed by atoms with Gasteiger partial charge in [-0.15, -0.1) is 0 Å². The Labute approximate surface area is 143 Å². The van der Waals surface area contributed by atoms with Crippen molar-refractivity contribution in [2.75, 3.05) is 25.9 Å². The number of benzene rings is 1. The Hall–Kier alpha value is -1.36. The molecule has 0 heterocycles. The van der Waals surface area contributed by atoms with E-state index in [1.165, 1.54) is 5.56 Å². The predicted octanol–water partition coefficient (Wildman–Crippen LogP) is 2.68. The third-order valence-electron chi connectivity index (χ3n) is 3.74. The van der Waals surface area contributed by atoms with Crippen LogP contribution in [0, 0.1) is 0 Å². The summed E-state index contributed by atoms with van der Waals surface area (Å²) in [7, 11) is 0.904. The first-order valence-corrected chi connectivity index (χ1v) is 9.37. The van der Waals surface area contributed by atoms with Crippen molar-refractivity contribution >= 4 is 16.8 Å². The van der Waals surface area contributed by atoms with E-state index in [4.69, 9.17) is 0 Å². The number of nitrogens with zero attached hydrogens (tertiary/aromatic N) is 1. The molecule has 0 radical (unpaired) electrons. The van der Waals surface area contributed by atoms with Crippen molar-refractivity contribution in [1.82, 2.24) is 10.6 Å². The zero-order chi connectivity index (χ0) is 17.5. The second-order valence-electron chi connectivity index (χ2n) is 7.26. The largest absolute Gasteiger partial charge is 0.356 e. The van der Waals surface area contributed by atoms with Crippen molar-refractivity contribution in [3.05, 3.63) is 35.9 Å². The van der Waals surface area contributed by atoms with E-state index >= 15 is 0 Å². The minimum Gasteiger partial charge on any atom is -0.356 e. The Morgan fingerprint density at radius 2 is 1.70 bits per heavy atom. The number of guanidine groups is 1. The van der Waals surface area contributed by atoms with Gasteiger partial charge in [0.2, 0.25) is 0 Å². The summed E-state index contributed by atoms with van der Waals surface area (Å²) in [5.41, 5.74) is 1.30. The first-order chi connectivity index (χ1) is 10.7. The summed E-state index contributed by atoms with van der Waals surface area (Å²) in [6.45, 7) is 11.8. The number of hydrogen-bond acceptors (Lipinski definition) is 2. The topological polar surface area (TPSA) is 53.5 Å². The van der Waals surface area contributed by atoms with Crippen LogP contribution >= 0.6 is 0 Å². The molecule has 130 valence electrons. The highest BCUT2D eigenvalue weighted by atomic mass is 32.2. The number of rotatable bonds is 6. The van der Waals surface area contributed by atoms with Crippen molar-refractivity contribution in [2.45, 2.75) is 44.8 Å². The maximum atomic E-state index is 12.0. The van der Waals surface area contributed by atoms with E-state index in [-0.39, 0.29) is 10.2 Å². The fourth-order valence-electron chi connectivity index (χ4n) is 2.09. The standard InChI is InChI=1S/C18H31N3OS/c1-17(2,3)23(22)13-12-20-16(19-6)21-14-18(4,5)15-10-8-7-9-11-15/h7-11H,12-14H2,1-6H3,(H2,19,20,21). The van der Waals surface area contributed by atoms with Crippen LogP contribution in [0.2, 0.25) is 0 Å². The third-order valence-corrected chi connectivity index (χ3v) is 5.68. The van der Waals surface area contributed by atoms with Crippen molar-refractivity contribution in [1.29, 1.82) is 0 Å². The lowest BCUT2D eigenvalue weighted by atomic mass is 9.85. The lowest BCUT2D eigenvalue weighted by Gasteiger charge is -2.27. The molecule has 5 heteroatoms. The molecule has 0 spiro atoms. The molecule has 23 heavy (non-hydrogen) atoms. The summed E-state index contributed by atoms with van der Waals surface area (Å²) >= 11 is 0. The molecule has 1 unspecified atom stereocenters. The molecule has 0 saturated heterocycles. The van der Waals surface area contributed by atoms with Crippen LogP contribution in [-0.4, -0.2) is 40.8 Å². The summed E-state index contributed by atoms with van der Waals surface area (Å²) in [5, 5.41) is 6.60. The first-order valence-electron chi connectivity index (χ1n) is 8.05. The molecule has 0 bridgehead atoms. The summed E-state index contributed by atoms with van der Waals surface area (Å²) in [6, 6.07) is 10.4. The average molecular weight is 338 g/mol. The van der Waals surface area contributed by atoms with Crippen molar-refractivity contribution in [2.24, 2.45) is 4.99 Å². The Morgan fingerprint density at radius 1 is 1.09 bits per heavy atom. The normalized spacial score (nSPS) is 14.4. The van der Waals surface area contributed by atoms with Gasteiger partial charge in [-0.25, -0.2) is 0 Å². The van der Waals surface area contributed by atoms with Crippen LogP contribution in [0.3, 0.4) is 0 Å². The van der Waals surface area contributed by atoms with E-state index in [0.29, 0.717) is 12.3 Å². The fraction of sp³-hybridized carbons (Fsp3) is 0.611. The Bertz CT molecular complexity index is 533. The minimum absolute atomic E-state index is 0.00705. The van der Waals surface area contributed by atoms with Gasteiger partial charge in [0.25, 0.3) is 0 Å². The quantitative estimate of drug-likeness (QED) is 0.620. The summed E-state index contributed by atoms with van der Waals surface area (Å²) in [6.07, 6.45) is 0. The molecule has 0 aliphatic heterocycles. The van der Waals surface area contributed by atoms with E-state index in [0.717, 1.165) is 12.5 Å². The van der Waals surface area contributed by atoms with Crippen LogP contribution in [-0.2, 0) is 16.2 Å². The highest BCUT2D eigenvalue weighted by Gasteiger charge is 2.21. The molecule has 1 aromatic rings. The van der Waals surface area contributed by atoms with Crippen LogP contribution in [0.5, 0.6) is 0 Å². The summed E-state index contributed by atoms with van der Waals surface area (Å²) < 4.78 is 11.9. The molecule has 2 N–H and O–H groups in total. The van der Waals surface area contributed by atoms with Crippen LogP contribution in [0.1, 0.15) is 40.2 Å². The van der Waals surface area contributed by atoms with Crippen LogP contribution in [0.15, 0.2) is 35.3 Å². The van der Waals surface area contributed by atoms with Gasteiger partial charge in [-0.2, -0.15) is 0 Å². The third kappa shape index (κ3) is 6.73. The van der Waals surface area contributed by atoms with Gasteiger partial charge in [-0.05, 0) is 26.3 Å². The molecular formula is C18H31N3OS. The molecule has 0 aliphatic carbocycles. The van der Waals surface area contributed by atoms with Crippen LogP contribution < -0.4 is 10.6 Å². The van der Waals surface area contributed by atoms with E-state index in [9.17, 15) is 4.21 Å². The van der Waals surface area contributed by atoms with Crippen molar-refractivity contribution < 1.29 is 4.21 Å². The van der Waals surface area contributed by atoms with Gasteiger partial charge in [0.05, 0.1) is 0 Å². The maximum absolute atomic E-state index is 12.0. The molecule has 1 rings (SSSR count). The molecular weight excluding hydrogens is 306 g/mol. The maximum Gasteiger partial charge on any atom is 0.191 e. The monoisotopic (exact) mass is 337 g/mol. The number of nitrogens with one attached hydrogen (secondary N) is 2. The minimum atomic E-state index is -0.852. The lowest BCUT2D eigenvalue weighted by Crippen LogP contribution is -2.44. The Morgan fingerprint density at radius 3 is 2.22 bits per heavy atom. The highest BCUT2D eigenvalue weighted by molar-refractivity contribution is 7.86. The second-order valence-corrected chi connectivity index (χ2v) is 9.59. The smallest absolute Gasteiger partial charge is 0.191 e. The van der Waals surface area contributed by atoms with E-state index in [1.807, 2.05) is 26.8 Å². The fourth-order valence-corrected chi connectivity index (χ4v) is 2.98.